The molecule has 3 aliphatic heterocycles. The molecular formula is C13H23N3OS. The van der Waals surface area contributed by atoms with Crippen LogP contribution in [0.4, 0.5) is 0 Å². The van der Waals surface area contributed by atoms with E-state index in [4.69, 9.17) is 0 Å². The normalized spacial score (nSPS) is 34.6. The second kappa shape index (κ2) is 5.02. The molecule has 1 N–H and O–H groups in total. The number of rotatable bonds is 2. The van der Waals surface area contributed by atoms with Gasteiger partial charge in [-0.1, -0.05) is 0 Å². The van der Waals surface area contributed by atoms with E-state index < -0.39 is 0 Å². The predicted molar refractivity (Wildman–Crippen MR) is 74.9 cm³/mol. The van der Waals surface area contributed by atoms with Gasteiger partial charge in [0.2, 0.25) is 5.91 Å². The van der Waals surface area contributed by atoms with Gasteiger partial charge in [0.05, 0.1) is 4.75 Å². The number of carbonyl (C=O) groups is 1. The predicted octanol–water partition coefficient (Wildman–Crippen LogP) is 0.388. The molecule has 102 valence electrons. The van der Waals surface area contributed by atoms with Gasteiger partial charge in [0.1, 0.15) is 0 Å². The molecule has 0 radical (unpaired) electrons. The molecule has 0 aliphatic carbocycles. The summed E-state index contributed by atoms with van der Waals surface area (Å²) in [7, 11) is 0. The number of thioether (sulfide) groups is 1. The number of hydrogen-bond acceptors (Lipinski definition) is 4. The monoisotopic (exact) mass is 269 g/mol. The van der Waals surface area contributed by atoms with E-state index in [1.165, 1.54) is 6.42 Å². The standard InChI is InChI=1S/C13H23N3OS/c1-13(3-2-8-18-13)12(17)16-6-4-15(5-7-16)11-9-14-10-11/h11,14H,2-10H2,1H3. The maximum atomic E-state index is 12.6. The van der Waals surface area contributed by atoms with Gasteiger partial charge in [0.25, 0.3) is 0 Å². The maximum absolute atomic E-state index is 12.6. The molecule has 3 aliphatic rings. The Labute approximate surface area is 113 Å². The van der Waals surface area contributed by atoms with E-state index in [-0.39, 0.29) is 4.75 Å². The maximum Gasteiger partial charge on any atom is 0.238 e. The topological polar surface area (TPSA) is 35.6 Å². The molecule has 3 rings (SSSR count). The molecule has 0 saturated carbocycles. The van der Waals surface area contributed by atoms with Crippen LogP contribution in [0, 0.1) is 0 Å². The summed E-state index contributed by atoms with van der Waals surface area (Å²) in [5.74, 6) is 1.53. The Kier molecular flexibility index (Phi) is 3.56. The summed E-state index contributed by atoms with van der Waals surface area (Å²) in [4.78, 5) is 17.2. The van der Waals surface area contributed by atoms with Gasteiger partial charge in [0, 0.05) is 45.3 Å². The highest BCUT2D eigenvalue weighted by Crippen LogP contribution is 2.39. The summed E-state index contributed by atoms with van der Waals surface area (Å²) in [6.45, 7) is 8.34. The largest absolute Gasteiger partial charge is 0.339 e. The summed E-state index contributed by atoms with van der Waals surface area (Å²) >= 11 is 1.85. The minimum absolute atomic E-state index is 0.125. The smallest absolute Gasteiger partial charge is 0.238 e. The van der Waals surface area contributed by atoms with Crippen molar-refractivity contribution in [2.75, 3.05) is 45.0 Å². The summed E-state index contributed by atoms with van der Waals surface area (Å²) < 4.78 is -0.125. The number of hydrogen-bond donors (Lipinski definition) is 1. The molecule has 18 heavy (non-hydrogen) atoms. The molecule has 0 aromatic heterocycles. The zero-order chi connectivity index (χ0) is 12.6. The number of carbonyl (C=O) groups excluding carboxylic acids is 1. The van der Waals surface area contributed by atoms with Crippen LogP contribution in [-0.2, 0) is 4.79 Å². The lowest BCUT2D eigenvalue weighted by Crippen LogP contribution is -2.63. The highest BCUT2D eigenvalue weighted by Gasteiger charge is 2.41. The fraction of sp³-hybridized carbons (Fsp3) is 0.923. The van der Waals surface area contributed by atoms with E-state index in [9.17, 15) is 4.79 Å². The van der Waals surface area contributed by atoms with Crippen LogP contribution in [-0.4, -0.2) is 71.5 Å². The zero-order valence-corrected chi connectivity index (χ0v) is 12.0. The Bertz CT molecular complexity index is 318. The summed E-state index contributed by atoms with van der Waals surface area (Å²) in [6, 6.07) is 0.721. The molecule has 1 unspecified atom stereocenters. The van der Waals surface area contributed by atoms with Crippen LogP contribution in [0.3, 0.4) is 0 Å². The van der Waals surface area contributed by atoms with Crippen molar-refractivity contribution >= 4 is 17.7 Å². The first-order valence-electron chi connectivity index (χ1n) is 7.07. The number of nitrogens with zero attached hydrogens (tertiary/aromatic N) is 2. The molecule has 3 fully saturated rings. The summed E-state index contributed by atoms with van der Waals surface area (Å²) in [6.07, 6.45) is 2.25. The van der Waals surface area contributed by atoms with Crippen molar-refractivity contribution in [3.05, 3.63) is 0 Å². The van der Waals surface area contributed by atoms with Gasteiger partial charge in [-0.3, -0.25) is 9.69 Å². The van der Waals surface area contributed by atoms with Gasteiger partial charge < -0.3 is 10.2 Å². The Morgan fingerprint density at radius 3 is 2.50 bits per heavy atom. The van der Waals surface area contributed by atoms with Crippen molar-refractivity contribution in [2.45, 2.75) is 30.6 Å². The molecular weight excluding hydrogens is 246 g/mol. The fourth-order valence-electron chi connectivity index (χ4n) is 3.10. The molecule has 1 atom stereocenters. The average Bonchev–Trinajstić information content (AvgIpc) is 2.75. The van der Waals surface area contributed by atoms with E-state index in [0.717, 1.165) is 57.5 Å². The molecule has 0 aromatic rings. The van der Waals surface area contributed by atoms with E-state index >= 15 is 0 Å². The Morgan fingerprint density at radius 1 is 1.28 bits per heavy atom. The van der Waals surface area contributed by atoms with Crippen molar-refractivity contribution < 1.29 is 4.79 Å². The van der Waals surface area contributed by atoms with Gasteiger partial charge >= 0.3 is 0 Å². The van der Waals surface area contributed by atoms with Crippen molar-refractivity contribution in [1.82, 2.24) is 15.1 Å². The van der Waals surface area contributed by atoms with Crippen LogP contribution in [0.25, 0.3) is 0 Å². The highest BCUT2D eigenvalue weighted by atomic mass is 32.2. The van der Waals surface area contributed by atoms with Crippen molar-refractivity contribution in [1.29, 1.82) is 0 Å². The van der Waals surface area contributed by atoms with E-state index in [0.29, 0.717) is 5.91 Å². The van der Waals surface area contributed by atoms with Gasteiger partial charge in [-0.05, 0) is 25.5 Å². The van der Waals surface area contributed by atoms with Crippen LogP contribution >= 0.6 is 11.8 Å². The van der Waals surface area contributed by atoms with Crippen molar-refractivity contribution in [2.24, 2.45) is 0 Å². The van der Waals surface area contributed by atoms with Crippen LogP contribution in [0.1, 0.15) is 19.8 Å². The molecule has 3 heterocycles. The molecule has 1 amide bonds. The molecule has 5 heteroatoms. The Hall–Kier alpha value is -0.260. The van der Waals surface area contributed by atoms with Crippen LogP contribution < -0.4 is 5.32 Å². The first kappa shape index (κ1) is 12.8. The van der Waals surface area contributed by atoms with E-state index in [1.54, 1.807) is 0 Å². The zero-order valence-electron chi connectivity index (χ0n) is 11.2. The Balaban J connectivity index is 1.54. The minimum atomic E-state index is -0.125. The first-order chi connectivity index (χ1) is 8.69. The second-order valence-electron chi connectivity index (χ2n) is 5.82. The quantitative estimate of drug-likeness (QED) is 0.786. The number of amides is 1. The lowest BCUT2D eigenvalue weighted by atomic mass is 10.0. The van der Waals surface area contributed by atoms with Crippen molar-refractivity contribution in [3.63, 3.8) is 0 Å². The molecule has 0 spiro atoms. The fourth-order valence-corrected chi connectivity index (χ4v) is 4.38. The third kappa shape index (κ3) is 2.28. The summed E-state index contributed by atoms with van der Waals surface area (Å²) in [5.41, 5.74) is 0. The van der Waals surface area contributed by atoms with Gasteiger partial charge in [-0.15, -0.1) is 11.8 Å². The lowest BCUT2D eigenvalue weighted by molar-refractivity contribution is -0.135. The molecule has 4 nitrogen and oxygen atoms in total. The van der Waals surface area contributed by atoms with Gasteiger partial charge in [-0.25, -0.2) is 0 Å². The number of nitrogens with one attached hydrogen (secondary N) is 1. The van der Waals surface area contributed by atoms with Crippen LogP contribution in [0.5, 0.6) is 0 Å². The first-order valence-corrected chi connectivity index (χ1v) is 8.06. The van der Waals surface area contributed by atoms with E-state index in [2.05, 4.69) is 22.0 Å². The molecule has 0 aromatic carbocycles. The number of piperazine rings is 1. The third-order valence-electron chi connectivity index (χ3n) is 4.55. The summed E-state index contributed by atoms with van der Waals surface area (Å²) in [5, 5.41) is 3.32. The van der Waals surface area contributed by atoms with Gasteiger partial charge in [-0.2, -0.15) is 0 Å². The SMILES string of the molecule is CC1(C(=O)N2CCN(C3CNC3)CC2)CCCS1. The molecule has 3 saturated heterocycles. The van der Waals surface area contributed by atoms with Crippen LogP contribution in [0.15, 0.2) is 0 Å². The lowest BCUT2D eigenvalue weighted by Gasteiger charge is -2.44. The van der Waals surface area contributed by atoms with Gasteiger partial charge in [0.15, 0.2) is 0 Å². The van der Waals surface area contributed by atoms with Crippen LogP contribution in [0.2, 0.25) is 0 Å². The third-order valence-corrected chi connectivity index (χ3v) is 6.06. The average molecular weight is 269 g/mol. The highest BCUT2D eigenvalue weighted by molar-refractivity contribution is 8.01. The van der Waals surface area contributed by atoms with Crippen molar-refractivity contribution in [3.8, 4) is 0 Å². The van der Waals surface area contributed by atoms with E-state index in [1.807, 2.05) is 11.8 Å². The minimum Gasteiger partial charge on any atom is -0.339 e. The second-order valence-corrected chi connectivity index (χ2v) is 7.42. The Morgan fingerprint density at radius 2 is 2.00 bits per heavy atom. The molecule has 0 bridgehead atoms.